The third kappa shape index (κ3) is 6.33. The van der Waals surface area contributed by atoms with Gasteiger partial charge in [-0.3, -0.25) is 4.90 Å². The highest BCUT2D eigenvalue weighted by atomic mass is 28.4. The first-order chi connectivity index (χ1) is 22.1. The molecule has 0 unspecified atom stereocenters. The molecule has 2 aromatic carbocycles. The van der Waals surface area contributed by atoms with Gasteiger partial charge in [-0.2, -0.15) is 15.0 Å². The lowest BCUT2D eigenvalue weighted by Gasteiger charge is -2.45. The summed E-state index contributed by atoms with van der Waals surface area (Å²) < 4.78 is 34.1. The van der Waals surface area contributed by atoms with Crippen LogP contribution in [0.15, 0.2) is 65.8 Å². The van der Waals surface area contributed by atoms with E-state index in [0.717, 1.165) is 19.4 Å². The van der Waals surface area contributed by atoms with E-state index >= 15 is 0 Å². The van der Waals surface area contributed by atoms with Crippen molar-refractivity contribution in [3.63, 3.8) is 0 Å². The molecule has 3 aliphatic rings. The van der Waals surface area contributed by atoms with E-state index < -0.39 is 14.5 Å². The topological polar surface area (TPSA) is 131 Å². The second-order valence-electron chi connectivity index (χ2n) is 13.5. The van der Waals surface area contributed by atoms with Gasteiger partial charge in [0.2, 0.25) is 17.6 Å². The average molecular weight is 650 g/mol. The van der Waals surface area contributed by atoms with E-state index in [1.165, 1.54) is 10.4 Å². The van der Waals surface area contributed by atoms with Crippen molar-refractivity contribution >= 4 is 30.5 Å². The van der Waals surface area contributed by atoms with Crippen LogP contribution in [-0.2, 0) is 9.16 Å². The minimum atomic E-state index is -2.87. The minimum Gasteiger partial charge on any atom is -0.461 e. The van der Waals surface area contributed by atoms with Gasteiger partial charge >= 0.3 is 6.01 Å². The summed E-state index contributed by atoms with van der Waals surface area (Å²) in [6.07, 6.45) is 1.06. The zero-order chi connectivity index (χ0) is 32.4. The molecule has 0 bridgehead atoms. The Labute approximate surface area is 270 Å². The molecule has 13 heteroatoms. The Bertz CT molecular complexity index is 1470. The molecule has 6 rings (SSSR count). The lowest BCUT2D eigenvalue weighted by atomic mass is 9.95. The van der Waals surface area contributed by atoms with Crippen molar-refractivity contribution in [1.29, 1.82) is 0 Å². The van der Waals surface area contributed by atoms with Gasteiger partial charge in [0.1, 0.15) is 12.8 Å². The molecule has 0 radical (unpaired) electrons. The molecule has 3 atom stereocenters. The van der Waals surface area contributed by atoms with Crippen LogP contribution in [0.1, 0.15) is 45.9 Å². The number of fused-ring (bicyclic) bond motifs is 1. The first kappa shape index (κ1) is 32.3. The summed E-state index contributed by atoms with van der Waals surface area (Å²) in [5.41, 5.74) is 5.59. The molecule has 3 aliphatic heterocycles. The molecule has 3 fully saturated rings. The predicted molar refractivity (Wildman–Crippen MR) is 176 cm³/mol. The Morgan fingerprint density at radius 2 is 1.76 bits per heavy atom. The van der Waals surface area contributed by atoms with Crippen LogP contribution in [0.25, 0.3) is 0 Å². The van der Waals surface area contributed by atoms with Crippen molar-refractivity contribution in [2.24, 2.45) is 10.9 Å². The monoisotopic (exact) mass is 649 g/mol. The fourth-order valence-electron chi connectivity index (χ4n) is 7.33. The van der Waals surface area contributed by atoms with Gasteiger partial charge in [0.25, 0.3) is 8.32 Å². The van der Waals surface area contributed by atoms with Crippen LogP contribution in [0.5, 0.6) is 6.01 Å². The number of hydrogen-bond donors (Lipinski definition) is 2. The Hall–Kier alpha value is -3.65. The number of benzene rings is 2. The number of ether oxygens (including phenoxy) is 2. The van der Waals surface area contributed by atoms with Crippen molar-refractivity contribution in [2.45, 2.75) is 62.9 Å². The Balaban J connectivity index is 1.31. The summed E-state index contributed by atoms with van der Waals surface area (Å²) in [5, 5.41) is 14.7. The summed E-state index contributed by atoms with van der Waals surface area (Å²) in [7, 11) is -2.87. The van der Waals surface area contributed by atoms with E-state index in [9.17, 15) is 9.60 Å². The van der Waals surface area contributed by atoms with Crippen LogP contribution < -0.4 is 25.7 Å². The summed E-state index contributed by atoms with van der Waals surface area (Å²) in [5.74, 6) is 0.0430. The fourth-order valence-corrected chi connectivity index (χ4v) is 12.0. The molecule has 3 aromatic rings. The molecular formula is C33H44FN7O4Si. The van der Waals surface area contributed by atoms with Crippen molar-refractivity contribution in [3.8, 4) is 6.01 Å². The van der Waals surface area contributed by atoms with Crippen molar-refractivity contribution in [2.75, 3.05) is 50.9 Å². The Morgan fingerprint density at radius 1 is 1.07 bits per heavy atom. The second-order valence-corrected chi connectivity index (χ2v) is 17.8. The third-order valence-corrected chi connectivity index (χ3v) is 14.5. The number of oxime groups is 1. The summed E-state index contributed by atoms with van der Waals surface area (Å²) in [4.78, 5) is 17.7. The van der Waals surface area contributed by atoms with Crippen LogP contribution in [0.3, 0.4) is 0 Å². The van der Waals surface area contributed by atoms with Gasteiger partial charge < -0.3 is 29.7 Å². The van der Waals surface area contributed by atoms with E-state index in [4.69, 9.17) is 19.6 Å². The number of anilines is 1. The van der Waals surface area contributed by atoms with Crippen molar-refractivity contribution in [1.82, 2.24) is 19.9 Å². The molecule has 0 spiro atoms. The minimum absolute atomic E-state index is 0.00677. The second kappa shape index (κ2) is 13.2. The predicted octanol–water partition coefficient (Wildman–Crippen LogP) is 2.70. The molecule has 4 heterocycles. The zero-order valence-corrected chi connectivity index (χ0v) is 27.8. The number of nitrogens with two attached hydrogens (primary N) is 1. The lowest BCUT2D eigenvalue weighted by Crippen LogP contribution is -2.68. The number of amidine groups is 1. The normalized spacial score (nSPS) is 24.5. The molecule has 1 aromatic heterocycles. The van der Waals surface area contributed by atoms with Crippen molar-refractivity contribution < 1.29 is 23.5 Å². The van der Waals surface area contributed by atoms with Crippen LogP contribution >= 0.6 is 0 Å². The molecule has 46 heavy (non-hydrogen) atoms. The standard InChI is InChI=1S/C33H44FN7O4Si/c1-32(2,3)46(26-11-6-4-7-12-26,27-13-8-5-9-14-27)45-25-21-40(17-18-43-22-25)30-36-29(28(35)39-42)37-31(38-30)44-23-33-15-10-16-41(33)20-24(34)19-33/h4-9,11-14,24-25,42H,10,15-23H2,1-3H3,(H2,35,39)/t24-,25-,33+/m1/s1. The number of aromatic nitrogens is 3. The van der Waals surface area contributed by atoms with Crippen LogP contribution in [0.4, 0.5) is 10.3 Å². The molecule has 0 aliphatic carbocycles. The van der Waals surface area contributed by atoms with Gasteiger partial charge in [0, 0.05) is 26.1 Å². The SMILES string of the molecule is CC(C)(C)[Si](O[C@H]1COCCN(c2nc(OC[C@@]34CCCN3C[C@H](F)C4)nc(C(N)=NO)n2)C1)(c1ccccc1)c1ccccc1. The number of hydrogen-bond acceptors (Lipinski definition) is 10. The number of alkyl halides is 1. The van der Waals surface area contributed by atoms with Gasteiger partial charge in [-0.25, -0.2) is 4.39 Å². The van der Waals surface area contributed by atoms with E-state index in [0.29, 0.717) is 45.2 Å². The number of halogens is 1. The number of rotatable bonds is 9. The smallest absolute Gasteiger partial charge is 0.321 e. The van der Waals surface area contributed by atoms with Gasteiger partial charge in [-0.15, -0.1) is 0 Å². The van der Waals surface area contributed by atoms with Gasteiger partial charge in [0.05, 0.1) is 24.9 Å². The highest BCUT2D eigenvalue weighted by molar-refractivity contribution is 6.99. The molecule has 11 nitrogen and oxygen atoms in total. The summed E-state index contributed by atoms with van der Waals surface area (Å²) in [6, 6.07) is 21.0. The summed E-state index contributed by atoms with van der Waals surface area (Å²) in [6.45, 7) is 9.99. The van der Waals surface area contributed by atoms with Gasteiger partial charge in [-0.05, 0) is 34.8 Å². The Morgan fingerprint density at radius 3 is 2.41 bits per heavy atom. The van der Waals surface area contributed by atoms with E-state index in [1.54, 1.807) is 0 Å². The van der Waals surface area contributed by atoms with E-state index in [2.05, 4.69) is 94.3 Å². The maximum absolute atomic E-state index is 14.4. The fraction of sp³-hybridized carbons (Fsp3) is 0.515. The third-order valence-electron chi connectivity index (χ3n) is 9.45. The molecule has 3 N–H and O–H groups in total. The van der Waals surface area contributed by atoms with Crippen molar-refractivity contribution in [3.05, 3.63) is 66.5 Å². The average Bonchev–Trinajstić information content (AvgIpc) is 3.47. The largest absolute Gasteiger partial charge is 0.461 e. The Kier molecular flexibility index (Phi) is 9.28. The highest BCUT2D eigenvalue weighted by Crippen LogP contribution is 2.40. The zero-order valence-electron chi connectivity index (χ0n) is 26.8. The first-order valence-corrected chi connectivity index (χ1v) is 17.9. The lowest BCUT2D eigenvalue weighted by molar-refractivity contribution is 0.0678. The van der Waals surface area contributed by atoms with Crippen LogP contribution in [0, 0.1) is 0 Å². The van der Waals surface area contributed by atoms with Gasteiger partial charge in [-0.1, -0.05) is 86.6 Å². The summed E-state index contributed by atoms with van der Waals surface area (Å²) >= 11 is 0. The molecule has 246 valence electrons. The molecule has 0 saturated carbocycles. The maximum Gasteiger partial charge on any atom is 0.321 e. The highest BCUT2D eigenvalue weighted by Gasteiger charge is 2.52. The molecular weight excluding hydrogens is 605 g/mol. The molecule has 3 saturated heterocycles. The van der Waals surface area contributed by atoms with E-state index in [1.807, 2.05) is 17.0 Å². The van der Waals surface area contributed by atoms with Gasteiger partial charge in [0.15, 0.2) is 0 Å². The first-order valence-electron chi connectivity index (χ1n) is 16.0. The van der Waals surface area contributed by atoms with Crippen LogP contribution in [-0.4, -0.2) is 103 Å². The number of nitrogens with zero attached hydrogens (tertiary/aromatic N) is 6. The maximum atomic E-state index is 14.4. The van der Waals surface area contributed by atoms with Crippen LogP contribution in [0.2, 0.25) is 5.04 Å². The van der Waals surface area contributed by atoms with E-state index in [-0.39, 0.29) is 41.0 Å². The molecule has 0 amide bonds. The quantitative estimate of drug-likeness (QED) is 0.117.